The van der Waals surface area contributed by atoms with Crippen molar-refractivity contribution in [3.8, 4) is 0 Å². The summed E-state index contributed by atoms with van der Waals surface area (Å²) in [7, 11) is 0. The van der Waals surface area contributed by atoms with Crippen LogP contribution in [0.15, 0.2) is 30.3 Å². The van der Waals surface area contributed by atoms with Crippen LogP contribution >= 0.6 is 0 Å². The summed E-state index contributed by atoms with van der Waals surface area (Å²) >= 11 is 0. The van der Waals surface area contributed by atoms with Crippen LogP contribution in [0.1, 0.15) is 57.6 Å². The van der Waals surface area contributed by atoms with Crippen LogP contribution < -0.4 is 16.1 Å². The maximum Gasteiger partial charge on any atom is 0.344 e. The molecule has 1 aliphatic carbocycles. The molecule has 0 bridgehead atoms. The van der Waals surface area contributed by atoms with Crippen molar-refractivity contribution in [2.24, 2.45) is 5.92 Å². The number of benzene rings is 1. The number of imide groups is 1. The van der Waals surface area contributed by atoms with Crippen LogP contribution in [0.3, 0.4) is 0 Å². The number of hydrogen-bond acceptors (Lipinski definition) is 3. The highest BCUT2D eigenvalue weighted by Gasteiger charge is 2.52. The first-order chi connectivity index (χ1) is 12.9. The van der Waals surface area contributed by atoms with Crippen LogP contribution in [0.4, 0.5) is 4.79 Å². The Morgan fingerprint density at radius 1 is 1.19 bits per heavy atom. The molecule has 7 nitrogen and oxygen atoms in total. The summed E-state index contributed by atoms with van der Waals surface area (Å²) < 4.78 is 0. The van der Waals surface area contributed by atoms with Gasteiger partial charge in [-0.25, -0.2) is 4.79 Å². The average molecular weight is 373 g/mol. The minimum atomic E-state index is -0.823. The van der Waals surface area contributed by atoms with Crippen LogP contribution in [0.25, 0.3) is 0 Å². The second-order valence-corrected chi connectivity index (χ2v) is 7.87. The number of quaternary nitrogens is 1. The molecular weight excluding hydrogens is 344 g/mol. The fraction of sp³-hybridized carbons (Fsp3) is 0.550. The number of carbonyl (C=O) groups excluding carboxylic acids is 3. The van der Waals surface area contributed by atoms with Crippen molar-refractivity contribution in [3.63, 3.8) is 0 Å². The van der Waals surface area contributed by atoms with E-state index < -0.39 is 11.6 Å². The van der Waals surface area contributed by atoms with Crippen molar-refractivity contribution >= 4 is 17.8 Å². The minimum absolute atomic E-state index is 0.129. The number of nitrogens with two attached hydrogens (primary N) is 1. The lowest BCUT2D eigenvalue weighted by atomic mass is 9.82. The monoisotopic (exact) mass is 373 g/mol. The van der Waals surface area contributed by atoms with Gasteiger partial charge in [0.1, 0.15) is 11.6 Å². The van der Waals surface area contributed by atoms with E-state index in [0.717, 1.165) is 29.8 Å². The number of amides is 4. The summed E-state index contributed by atoms with van der Waals surface area (Å²) in [6.45, 7) is 4.36. The molecule has 146 valence electrons. The number of urea groups is 1. The van der Waals surface area contributed by atoms with Crippen molar-refractivity contribution in [2.45, 2.75) is 57.5 Å². The van der Waals surface area contributed by atoms with Crippen molar-refractivity contribution in [1.82, 2.24) is 15.8 Å². The molecule has 4 N–H and O–H groups in total. The van der Waals surface area contributed by atoms with E-state index >= 15 is 0 Å². The number of nitrogens with zero attached hydrogens (tertiary/aromatic N) is 1. The average Bonchev–Trinajstić information content (AvgIpc) is 2.87. The number of hydrogen-bond donors (Lipinski definition) is 3. The fourth-order valence-electron chi connectivity index (χ4n) is 4.09. The molecule has 3 rings (SSSR count). The van der Waals surface area contributed by atoms with Crippen molar-refractivity contribution in [1.29, 1.82) is 0 Å². The smallest absolute Gasteiger partial charge is 0.332 e. The summed E-state index contributed by atoms with van der Waals surface area (Å²) in [6.07, 6.45) is 4.17. The van der Waals surface area contributed by atoms with Crippen molar-refractivity contribution < 1.29 is 19.7 Å². The topological polar surface area (TPSA) is 95.1 Å². The zero-order valence-corrected chi connectivity index (χ0v) is 16.0. The van der Waals surface area contributed by atoms with Gasteiger partial charge >= 0.3 is 6.03 Å². The third-order valence-corrected chi connectivity index (χ3v) is 5.57. The molecule has 2 fully saturated rings. The second kappa shape index (κ2) is 8.08. The number of hydrazine groups is 1. The molecule has 0 aromatic heterocycles. The Hall–Kier alpha value is -2.41. The molecule has 1 aromatic rings. The van der Waals surface area contributed by atoms with Gasteiger partial charge in [0, 0.05) is 11.5 Å². The Morgan fingerprint density at radius 2 is 1.85 bits per heavy atom. The van der Waals surface area contributed by atoms with Crippen LogP contribution in [0.2, 0.25) is 0 Å². The number of rotatable bonds is 6. The third kappa shape index (κ3) is 4.13. The van der Waals surface area contributed by atoms with Gasteiger partial charge < -0.3 is 10.6 Å². The summed E-state index contributed by atoms with van der Waals surface area (Å²) in [5.41, 5.74) is 2.82. The highest BCUT2D eigenvalue weighted by Crippen LogP contribution is 2.32. The zero-order valence-electron chi connectivity index (χ0n) is 16.0. The van der Waals surface area contributed by atoms with Gasteiger partial charge in [0.05, 0.1) is 0 Å². The molecule has 7 heteroatoms. The number of nitrogens with one attached hydrogen (secondary N) is 2. The van der Waals surface area contributed by atoms with E-state index in [-0.39, 0.29) is 24.4 Å². The molecular formula is C20H29N4O3+. The lowest BCUT2D eigenvalue weighted by molar-refractivity contribution is -0.692. The predicted molar refractivity (Wildman–Crippen MR) is 100 cm³/mol. The molecule has 1 aromatic carbocycles. The van der Waals surface area contributed by atoms with Crippen molar-refractivity contribution in [3.05, 3.63) is 35.9 Å². The zero-order chi connectivity index (χ0) is 19.4. The van der Waals surface area contributed by atoms with E-state index in [1.165, 1.54) is 0 Å². The predicted octanol–water partition coefficient (Wildman–Crippen LogP) is 1.23. The SMILES string of the molecule is CC(C)[C@@H]([NH2+]CC(=O)NN1C(=O)NC2(CCCCC2)C1=O)c1ccccc1. The largest absolute Gasteiger partial charge is 0.344 e. The highest BCUT2D eigenvalue weighted by atomic mass is 16.2. The Balaban J connectivity index is 1.59. The van der Waals surface area contributed by atoms with E-state index in [1.807, 2.05) is 35.6 Å². The Morgan fingerprint density at radius 3 is 2.48 bits per heavy atom. The van der Waals surface area contributed by atoms with Crippen LogP contribution in [0, 0.1) is 5.92 Å². The highest BCUT2D eigenvalue weighted by molar-refractivity contribution is 6.08. The van der Waals surface area contributed by atoms with Gasteiger partial charge in [0.2, 0.25) is 0 Å². The van der Waals surface area contributed by atoms with Gasteiger partial charge in [-0.2, -0.15) is 5.01 Å². The van der Waals surface area contributed by atoms with Crippen LogP contribution in [-0.4, -0.2) is 34.9 Å². The van der Waals surface area contributed by atoms with Gasteiger partial charge in [-0.15, -0.1) is 0 Å². The molecule has 1 saturated carbocycles. The van der Waals surface area contributed by atoms with Crippen LogP contribution in [-0.2, 0) is 9.59 Å². The summed E-state index contributed by atoms with van der Waals surface area (Å²) in [5, 5.41) is 5.61. The van der Waals surface area contributed by atoms with Gasteiger partial charge in [-0.05, 0) is 12.8 Å². The molecule has 1 atom stereocenters. The number of carbonyl (C=O) groups is 3. The van der Waals surface area contributed by atoms with Gasteiger partial charge in [0.25, 0.3) is 11.8 Å². The maximum atomic E-state index is 12.7. The normalized spacial score (nSPS) is 20.0. The van der Waals surface area contributed by atoms with Crippen LogP contribution in [0.5, 0.6) is 0 Å². The first kappa shape index (κ1) is 19.4. The maximum absolute atomic E-state index is 12.7. The standard InChI is InChI=1S/C20H28N4O3/c1-14(2)17(15-9-5-3-6-10-15)21-13-16(25)23-24-18(26)20(22-19(24)27)11-7-4-8-12-20/h3,5-6,9-10,14,17,21H,4,7-8,11-13H2,1-2H3,(H,22,27)(H,23,25)/p+1/t17-/m1/s1. The second-order valence-electron chi connectivity index (χ2n) is 7.87. The molecule has 1 heterocycles. The van der Waals surface area contributed by atoms with Crippen molar-refractivity contribution in [2.75, 3.05) is 6.54 Å². The van der Waals surface area contributed by atoms with E-state index in [1.54, 1.807) is 0 Å². The third-order valence-electron chi connectivity index (χ3n) is 5.57. The molecule has 0 radical (unpaired) electrons. The van der Waals surface area contributed by atoms with Gasteiger partial charge in [0.15, 0.2) is 6.54 Å². The van der Waals surface area contributed by atoms with E-state index in [4.69, 9.17) is 0 Å². The fourth-order valence-corrected chi connectivity index (χ4v) is 4.09. The minimum Gasteiger partial charge on any atom is -0.332 e. The lowest BCUT2D eigenvalue weighted by Crippen LogP contribution is -2.88. The Labute approximate surface area is 159 Å². The molecule has 1 aliphatic heterocycles. The van der Waals surface area contributed by atoms with Gasteiger partial charge in [-0.3, -0.25) is 15.0 Å². The first-order valence-corrected chi connectivity index (χ1v) is 9.77. The Bertz CT molecular complexity index is 698. The molecule has 0 unspecified atom stereocenters. The summed E-state index contributed by atoms with van der Waals surface area (Å²) in [4.78, 5) is 37.3. The summed E-state index contributed by atoms with van der Waals surface area (Å²) in [6, 6.07) is 9.62. The van der Waals surface area contributed by atoms with E-state index in [2.05, 4.69) is 24.6 Å². The molecule has 4 amide bonds. The van der Waals surface area contributed by atoms with E-state index in [0.29, 0.717) is 18.8 Å². The van der Waals surface area contributed by atoms with Gasteiger partial charge in [-0.1, -0.05) is 63.4 Å². The Kier molecular flexibility index (Phi) is 5.79. The first-order valence-electron chi connectivity index (χ1n) is 9.77. The lowest BCUT2D eigenvalue weighted by Gasteiger charge is -2.30. The molecule has 2 aliphatic rings. The molecule has 27 heavy (non-hydrogen) atoms. The molecule has 1 spiro atoms. The van der Waals surface area contributed by atoms with E-state index in [9.17, 15) is 14.4 Å². The quantitative estimate of drug-likeness (QED) is 0.655. The summed E-state index contributed by atoms with van der Waals surface area (Å²) in [5.74, 6) is -0.348. The molecule has 1 saturated heterocycles.